The van der Waals surface area contributed by atoms with Crippen molar-refractivity contribution in [2.45, 2.75) is 10.6 Å². The van der Waals surface area contributed by atoms with Crippen molar-refractivity contribution in [2.75, 3.05) is 5.32 Å². The summed E-state index contributed by atoms with van der Waals surface area (Å²) >= 11 is 3.17. The highest BCUT2D eigenvalue weighted by Gasteiger charge is 2.10. The van der Waals surface area contributed by atoms with Crippen LogP contribution in [0.25, 0.3) is 15.9 Å². The van der Waals surface area contributed by atoms with Gasteiger partial charge in [0.25, 0.3) is 5.91 Å². The highest BCUT2D eigenvalue weighted by Crippen LogP contribution is 2.26. The van der Waals surface area contributed by atoms with Gasteiger partial charge in [-0.2, -0.15) is 0 Å². The predicted octanol–water partition coefficient (Wildman–Crippen LogP) is 5.49. The van der Waals surface area contributed by atoms with Crippen LogP contribution in [-0.2, 0) is 5.75 Å². The normalized spacial score (nSPS) is 11.2. The first-order valence-corrected chi connectivity index (χ1v) is 10.9. The number of imidazole rings is 1. The molecule has 1 N–H and O–H groups in total. The van der Waals surface area contributed by atoms with Crippen LogP contribution in [0, 0.1) is 0 Å². The molecule has 0 radical (unpaired) electrons. The van der Waals surface area contributed by atoms with Crippen molar-refractivity contribution in [3.63, 3.8) is 0 Å². The van der Waals surface area contributed by atoms with Gasteiger partial charge in [-0.15, -0.1) is 11.8 Å². The van der Waals surface area contributed by atoms with Gasteiger partial charge in [0.05, 0.1) is 15.9 Å². The summed E-state index contributed by atoms with van der Waals surface area (Å²) in [6.45, 7) is 0. The number of nitrogens with one attached hydrogen (secondary N) is 1. The standard InChI is InChI=1S/C22H16N4OS2/c27-21(25-22-24-18-5-1-2-6-19(18)29-22)15-8-10-17(11-9-15)28-14-16-13-26-12-4-3-7-20(26)23-16/h1-13H,14H2,(H,24,25,27). The molecule has 29 heavy (non-hydrogen) atoms. The Bertz CT molecular complexity index is 1240. The van der Waals surface area contributed by atoms with E-state index in [1.165, 1.54) is 11.3 Å². The molecule has 0 aliphatic rings. The largest absolute Gasteiger partial charge is 0.307 e. The van der Waals surface area contributed by atoms with Crippen LogP contribution in [-0.4, -0.2) is 20.3 Å². The lowest BCUT2D eigenvalue weighted by atomic mass is 10.2. The highest BCUT2D eigenvalue weighted by molar-refractivity contribution is 7.98. The van der Waals surface area contributed by atoms with Crippen LogP contribution in [0.4, 0.5) is 5.13 Å². The Balaban J connectivity index is 1.23. The minimum Gasteiger partial charge on any atom is -0.307 e. The second kappa shape index (κ2) is 7.69. The van der Waals surface area contributed by atoms with E-state index in [4.69, 9.17) is 0 Å². The smallest absolute Gasteiger partial charge is 0.257 e. The van der Waals surface area contributed by atoms with Gasteiger partial charge in [-0.05, 0) is 48.5 Å². The van der Waals surface area contributed by atoms with E-state index < -0.39 is 0 Å². The van der Waals surface area contributed by atoms with E-state index in [9.17, 15) is 4.79 Å². The summed E-state index contributed by atoms with van der Waals surface area (Å²) in [6.07, 6.45) is 4.04. The number of hydrogen-bond donors (Lipinski definition) is 1. The van der Waals surface area contributed by atoms with Crippen LogP contribution in [0.3, 0.4) is 0 Å². The third kappa shape index (κ3) is 3.87. The summed E-state index contributed by atoms with van der Waals surface area (Å²) in [5, 5.41) is 3.50. The molecule has 0 aliphatic heterocycles. The molecule has 0 saturated carbocycles. The second-order valence-electron chi connectivity index (χ2n) is 6.45. The topological polar surface area (TPSA) is 59.3 Å². The van der Waals surface area contributed by atoms with Gasteiger partial charge in [0.2, 0.25) is 0 Å². The summed E-state index contributed by atoms with van der Waals surface area (Å²) in [5.41, 5.74) is 3.48. The minimum atomic E-state index is -0.152. The lowest BCUT2D eigenvalue weighted by Gasteiger charge is -2.03. The van der Waals surface area contributed by atoms with Crippen molar-refractivity contribution in [2.24, 2.45) is 0 Å². The number of thioether (sulfide) groups is 1. The molecule has 5 rings (SSSR count). The highest BCUT2D eigenvalue weighted by atomic mass is 32.2. The van der Waals surface area contributed by atoms with Gasteiger partial charge >= 0.3 is 0 Å². The average Bonchev–Trinajstić information content (AvgIpc) is 3.35. The number of carbonyl (C=O) groups excluding carboxylic acids is 1. The van der Waals surface area contributed by atoms with Crippen LogP contribution in [0.5, 0.6) is 0 Å². The number of nitrogens with zero attached hydrogens (tertiary/aromatic N) is 3. The molecule has 0 saturated heterocycles. The fraction of sp³-hybridized carbons (Fsp3) is 0.0455. The number of anilines is 1. The van der Waals surface area contributed by atoms with Gasteiger partial charge in [0.1, 0.15) is 5.65 Å². The number of fused-ring (bicyclic) bond motifs is 2. The lowest BCUT2D eigenvalue weighted by Crippen LogP contribution is -2.11. The number of pyridine rings is 1. The van der Waals surface area contributed by atoms with Crippen molar-refractivity contribution in [1.29, 1.82) is 0 Å². The number of benzene rings is 2. The molecule has 5 nitrogen and oxygen atoms in total. The summed E-state index contributed by atoms with van der Waals surface area (Å²) < 4.78 is 3.08. The number of thiazole rings is 1. The first-order chi connectivity index (χ1) is 14.2. The zero-order valence-electron chi connectivity index (χ0n) is 15.3. The number of aromatic nitrogens is 3. The van der Waals surface area contributed by atoms with Crippen LogP contribution in [0.15, 0.2) is 84.0 Å². The molecular weight excluding hydrogens is 400 g/mol. The third-order valence-corrected chi connectivity index (χ3v) is 6.43. The molecule has 0 unspecified atom stereocenters. The van der Waals surface area contributed by atoms with Gasteiger partial charge in [0.15, 0.2) is 5.13 Å². The average molecular weight is 417 g/mol. The van der Waals surface area contributed by atoms with Crippen LogP contribution < -0.4 is 5.32 Å². The van der Waals surface area contributed by atoms with Crippen LogP contribution in [0.2, 0.25) is 0 Å². The van der Waals surface area contributed by atoms with Gasteiger partial charge < -0.3 is 4.40 Å². The molecule has 0 fully saturated rings. The fourth-order valence-electron chi connectivity index (χ4n) is 3.01. The third-order valence-electron chi connectivity index (χ3n) is 4.43. The molecular formula is C22H16N4OS2. The number of carbonyl (C=O) groups is 1. The Morgan fingerprint density at radius 3 is 2.66 bits per heavy atom. The van der Waals surface area contributed by atoms with Crippen LogP contribution in [0.1, 0.15) is 16.1 Å². The second-order valence-corrected chi connectivity index (χ2v) is 8.53. The molecule has 0 atom stereocenters. The SMILES string of the molecule is O=C(Nc1nc2ccccc2s1)c1ccc(SCc2cn3ccccc3n2)cc1. The lowest BCUT2D eigenvalue weighted by molar-refractivity contribution is 0.102. The van der Waals surface area contributed by atoms with Crippen molar-refractivity contribution in [3.05, 3.63) is 90.4 Å². The number of amides is 1. The van der Waals surface area contributed by atoms with Gasteiger partial charge in [-0.3, -0.25) is 10.1 Å². The molecule has 142 valence electrons. The molecule has 0 aliphatic carbocycles. The summed E-state index contributed by atoms with van der Waals surface area (Å²) in [4.78, 5) is 22.7. The van der Waals surface area contributed by atoms with Gasteiger partial charge in [-0.1, -0.05) is 29.5 Å². The van der Waals surface area contributed by atoms with E-state index in [0.717, 1.165) is 32.2 Å². The van der Waals surface area contributed by atoms with E-state index >= 15 is 0 Å². The maximum absolute atomic E-state index is 12.5. The van der Waals surface area contributed by atoms with E-state index in [1.54, 1.807) is 11.8 Å². The Labute approximate surface area is 175 Å². The Kier molecular flexibility index (Phi) is 4.75. The molecule has 7 heteroatoms. The zero-order chi connectivity index (χ0) is 19.6. The Morgan fingerprint density at radius 2 is 1.83 bits per heavy atom. The maximum atomic E-state index is 12.5. The zero-order valence-corrected chi connectivity index (χ0v) is 16.9. The molecule has 3 aromatic heterocycles. The molecule has 3 heterocycles. The van der Waals surface area contributed by atoms with E-state index in [2.05, 4.69) is 15.3 Å². The van der Waals surface area contributed by atoms with E-state index in [0.29, 0.717) is 10.7 Å². The summed E-state index contributed by atoms with van der Waals surface area (Å²) in [6, 6.07) is 21.4. The predicted molar refractivity (Wildman–Crippen MR) is 119 cm³/mol. The molecule has 0 bridgehead atoms. The monoisotopic (exact) mass is 416 g/mol. The van der Waals surface area contributed by atoms with E-state index in [1.807, 2.05) is 83.5 Å². The van der Waals surface area contributed by atoms with Crippen molar-refractivity contribution in [1.82, 2.24) is 14.4 Å². The Morgan fingerprint density at radius 1 is 1.00 bits per heavy atom. The maximum Gasteiger partial charge on any atom is 0.257 e. The molecule has 2 aromatic carbocycles. The van der Waals surface area contributed by atoms with Gasteiger partial charge in [-0.25, -0.2) is 9.97 Å². The molecule has 5 aromatic rings. The van der Waals surface area contributed by atoms with Crippen molar-refractivity contribution < 1.29 is 4.79 Å². The molecule has 1 amide bonds. The quantitative estimate of drug-likeness (QED) is 0.385. The summed E-state index contributed by atoms with van der Waals surface area (Å²) in [7, 11) is 0. The fourth-order valence-corrected chi connectivity index (χ4v) is 4.65. The first-order valence-electron chi connectivity index (χ1n) is 9.07. The van der Waals surface area contributed by atoms with Crippen molar-refractivity contribution >= 4 is 50.0 Å². The van der Waals surface area contributed by atoms with Crippen molar-refractivity contribution in [3.8, 4) is 0 Å². The first kappa shape index (κ1) is 17.9. The minimum absolute atomic E-state index is 0.152. The van der Waals surface area contributed by atoms with Crippen LogP contribution >= 0.6 is 23.1 Å². The molecule has 0 spiro atoms. The number of para-hydroxylation sites is 1. The number of rotatable bonds is 5. The summed E-state index contributed by atoms with van der Waals surface area (Å²) in [5.74, 6) is 0.625. The Hall–Kier alpha value is -3.16. The van der Waals surface area contributed by atoms with Gasteiger partial charge in [0, 0.05) is 28.6 Å². The van der Waals surface area contributed by atoms with E-state index in [-0.39, 0.29) is 5.91 Å². The number of hydrogen-bond acceptors (Lipinski definition) is 5.